The second kappa shape index (κ2) is 8.80. The van der Waals surface area contributed by atoms with E-state index in [-0.39, 0.29) is 12.5 Å². The van der Waals surface area contributed by atoms with Crippen LogP contribution in [0.25, 0.3) is 0 Å². The average Bonchev–Trinajstić information content (AvgIpc) is 2.72. The summed E-state index contributed by atoms with van der Waals surface area (Å²) in [5, 5.41) is 0. The first-order chi connectivity index (χ1) is 13.1. The summed E-state index contributed by atoms with van der Waals surface area (Å²) in [5.74, 6) is 2.08. The van der Waals surface area contributed by atoms with Crippen LogP contribution in [-0.4, -0.2) is 50.7 Å². The molecule has 0 unspecified atom stereocenters. The minimum Gasteiger partial charge on any atom is -0.497 e. The molecule has 1 fully saturated rings. The van der Waals surface area contributed by atoms with Gasteiger partial charge in [-0.05, 0) is 35.7 Å². The summed E-state index contributed by atoms with van der Waals surface area (Å²) in [6.45, 7) is 7.39. The normalized spacial score (nSPS) is 14.4. The zero-order valence-electron chi connectivity index (χ0n) is 16.4. The van der Waals surface area contributed by atoms with Gasteiger partial charge < -0.3 is 19.3 Å². The predicted molar refractivity (Wildman–Crippen MR) is 108 cm³/mol. The van der Waals surface area contributed by atoms with E-state index in [2.05, 4.69) is 30.9 Å². The summed E-state index contributed by atoms with van der Waals surface area (Å²) in [5.41, 5.74) is 2.34. The van der Waals surface area contributed by atoms with Gasteiger partial charge in [0.2, 0.25) is 0 Å². The van der Waals surface area contributed by atoms with Crippen LogP contribution in [0.5, 0.6) is 11.5 Å². The molecule has 0 atom stereocenters. The molecule has 2 aromatic rings. The highest BCUT2D eigenvalue weighted by Gasteiger charge is 2.22. The van der Waals surface area contributed by atoms with Crippen LogP contribution in [0.4, 0.5) is 5.69 Å². The van der Waals surface area contributed by atoms with E-state index in [0.717, 1.165) is 30.3 Å². The topological polar surface area (TPSA) is 42.0 Å². The lowest BCUT2D eigenvalue weighted by Gasteiger charge is -2.36. The first kappa shape index (κ1) is 19.1. The molecule has 1 aliphatic heterocycles. The van der Waals surface area contributed by atoms with Gasteiger partial charge in [0.1, 0.15) is 11.5 Å². The Kier molecular flexibility index (Phi) is 6.22. The quantitative estimate of drug-likeness (QED) is 0.782. The second-order valence-electron chi connectivity index (χ2n) is 7.09. The standard InChI is InChI=1S/C22H28N2O3/c1-17(2)18-6-4-9-21(14-18)27-16-22(25)24-12-10-23(11-13-24)19-7-5-8-20(15-19)26-3/h4-9,14-15,17H,10-13,16H2,1-3H3. The van der Waals surface area contributed by atoms with Gasteiger partial charge >= 0.3 is 0 Å². The Morgan fingerprint density at radius 1 is 1.00 bits per heavy atom. The van der Waals surface area contributed by atoms with Crippen LogP contribution in [-0.2, 0) is 4.79 Å². The Hall–Kier alpha value is -2.69. The first-order valence-electron chi connectivity index (χ1n) is 9.46. The van der Waals surface area contributed by atoms with Crippen molar-refractivity contribution < 1.29 is 14.3 Å². The monoisotopic (exact) mass is 368 g/mol. The lowest BCUT2D eigenvalue weighted by molar-refractivity contribution is -0.133. The third kappa shape index (κ3) is 4.94. The summed E-state index contributed by atoms with van der Waals surface area (Å²) in [6, 6.07) is 16.0. The number of benzene rings is 2. The highest BCUT2D eigenvalue weighted by atomic mass is 16.5. The molecule has 1 amide bonds. The van der Waals surface area contributed by atoms with Crippen molar-refractivity contribution in [2.24, 2.45) is 0 Å². The van der Waals surface area contributed by atoms with Gasteiger partial charge in [-0.2, -0.15) is 0 Å². The van der Waals surface area contributed by atoms with Gasteiger partial charge in [0.15, 0.2) is 6.61 Å². The Morgan fingerprint density at radius 2 is 1.70 bits per heavy atom. The number of hydrogen-bond acceptors (Lipinski definition) is 4. The van der Waals surface area contributed by atoms with Crippen molar-refractivity contribution in [1.82, 2.24) is 4.90 Å². The zero-order valence-corrected chi connectivity index (χ0v) is 16.4. The zero-order chi connectivity index (χ0) is 19.2. The van der Waals surface area contributed by atoms with Crippen molar-refractivity contribution in [2.45, 2.75) is 19.8 Å². The van der Waals surface area contributed by atoms with Crippen LogP contribution in [0.1, 0.15) is 25.3 Å². The molecule has 1 heterocycles. The molecule has 0 N–H and O–H groups in total. The molecule has 1 aliphatic rings. The number of nitrogens with zero attached hydrogens (tertiary/aromatic N) is 2. The molecule has 0 aromatic heterocycles. The van der Waals surface area contributed by atoms with E-state index in [1.165, 1.54) is 5.56 Å². The first-order valence-corrected chi connectivity index (χ1v) is 9.46. The summed E-state index contributed by atoms with van der Waals surface area (Å²) in [4.78, 5) is 16.7. The van der Waals surface area contributed by atoms with E-state index >= 15 is 0 Å². The minimum atomic E-state index is 0.0373. The van der Waals surface area contributed by atoms with Crippen molar-refractivity contribution >= 4 is 11.6 Å². The van der Waals surface area contributed by atoms with Crippen LogP contribution >= 0.6 is 0 Å². The molecule has 3 rings (SSSR count). The Bertz CT molecular complexity index is 768. The van der Waals surface area contributed by atoms with E-state index in [1.54, 1.807) is 7.11 Å². The number of piperazine rings is 1. The van der Waals surface area contributed by atoms with Crippen LogP contribution in [0.2, 0.25) is 0 Å². The van der Waals surface area contributed by atoms with Gasteiger partial charge in [-0.3, -0.25) is 4.79 Å². The van der Waals surface area contributed by atoms with E-state index in [9.17, 15) is 4.79 Å². The highest BCUT2D eigenvalue weighted by Crippen LogP contribution is 2.23. The number of amides is 1. The Morgan fingerprint density at radius 3 is 2.41 bits per heavy atom. The molecular weight excluding hydrogens is 340 g/mol. The van der Waals surface area contributed by atoms with Crippen molar-refractivity contribution in [2.75, 3.05) is 44.8 Å². The van der Waals surface area contributed by atoms with E-state index in [1.807, 2.05) is 41.3 Å². The third-order valence-electron chi connectivity index (χ3n) is 4.94. The average molecular weight is 368 g/mol. The lowest BCUT2D eigenvalue weighted by atomic mass is 10.0. The summed E-state index contributed by atoms with van der Waals surface area (Å²) >= 11 is 0. The van der Waals surface area contributed by atoms with Crippen molar-refractivity contribution in [1.29, 1.82) is 0 Å². The van der Waals surface area contributed by atoms with Crippen LogP contribution in [0.3, 0.4) is 0 Å². The minimum absolute atomic E-state index is 0.0373. The number of methoxy groups -OCH3 is 1. The molecule has 0 bridgehead atoms. The highest BCUT2D eigenvalue weighted by molar-refractivity contribution is 5.78. The fourth-order valence-electron chi connectivity index (χ4n) is 3.22. The van der Waals surface area contributed by atoms with Crippen LogP contribution in [0.15, 0.2) is 48.5 Å². The third-order valence-corrected chi connectivity index (χ3v) is 4.94. The molecule has 0 radical (unpaired) electrons. The maximum Gasteiger partial charge on any atom is 0.260 e. The van der Waals surface area contributed by atoms with Crippen molar-refractivity contribution in [3.8, 4) is 11.5 Å². The summed E-state index contributed by atoms with van der Waals surface area (Å²) < 4.78 is 11.0. The maximum absolute atomic E-state index is 12.5. The molecular formula is C22H28N2O3. The molecule has 0 aliphatic carbocycles. The molecule has 144 valence electrons. The fraction of sp³-hybridized carbons (Fsp3) is 0.409. The number of carbonyl (C=O) groups excluding carboxylic acids is 1. The van der Waals surface area contributed by atoms with E-state index < -0.39 is 0 Å². The van der Waals surface area contributed by atoms with Crippen molar-refractivity contribution in [3.63, 3.8) is 0 Å². The van der Waals surface area contributed by atoms with Crippen molar-refractivity contribution in [3.05, 3.63) is 54.1 Å². The second-order valence-corrected chi connectivity index (χ2v) is 7.09. The smallest absolute Gasteiger partial charge is 0.260 e. The molecule has 5 heteroatoms. The summed E-state index contributed by atoms with van der Waals surface area (Å²) in [7, 11) is 1.67. The van der Waals surface area contributed by atoms with Gasteiger partial charge in [0.25, 0.3) is 5.91 Å². The molecule has 27 heavy (non-hydrogen) atoms. The molecule has 0 spiro atoms. The number of carbonyl (C=O) groups is 1. The van der Waals surface area contributed by atoms with Crippen LogP contribution < -0.4 is 14.4 Å². The fourth-order valence-corrected chi connectivity index (χ4v) is 3.22. The largest absolute Gasteiger partial charge is 0.497 e. The van der Waals surface area contributed by atoms with Gasteiger partial charge in [0, 0.05) is 37.9 Å². The Balaban J connectivity index is 1.50. The molecule has 1 saturated heterocycles. The number of rotatable bonds is 6. The lowest BCUT2D eigenvalue weighted by Crippen LogP contribution is -2.50. The summed E-state index contributed by atoms with van der Waals surface area (Å²) in [6.07, 6.45) is 0. The van der Waals surface area contributed by atoms with E-state index in [4.69, 9.17) is 9.47 Å². The molecule has 5 nitrogen and oxygen atoms in total. The van der Waals surface area contributed by atoms with Gasteiger partial charge in [-0.15, -0.1) is 0 Å². The predicted octanol–water partition coefficient (Wildman–Crippen LogP) is 3.55. The number of ether oxygens (including phenoxy) is 2. The molecule has 0 saturated carbocycles. The molecule has 2 aromatic carbocycles. The van der Waals surface area contributed by atoms with Crippen LogP contribution in [0, 0.1) is 0 Å². The van der Waals surface area contributed by atoms with Gasteiger partial charge in [-0.1, -0.05) is 32.0 Å². The Labute approximate surface area is 161 Å². The van der Waals surface area contributed by atoms with Gasteiger partial charge in [-0.25, -0.2) is 0 Å². The SMILES string of the molecule is COc1cccc(N2CCN(C(=O)COc3cccc(C(C)C)c3)CC2)c1. The van der Waals surface area contributed by atoms with Gasteiger partial charge in [0.05, 0.1) is 7.11 Å². The maximum atomic E-state index is 12.5. The van der Waals surface area contributed by atoms with E-state index in [0.29, 0.717) is 19.0 Å². The number of hydrogen-bond donors (Lipinski definition) is 0. The number of anilines is 1.